The van der Waals surface area contributed by atoms with E-state index in [2.05, 4.69) is 41.5 Å². The molecule has 1 amide bonds. The second-order valence-electron chi connectivity index (χ2n) is 7.99. The average molecular weight is 360 g/mol. The highest BCUT2D eigenvalue weighted by Gasteiger charge is 2.32. The van der Waals surface area contributed by atoms with Gasteiger partial charge in [0.25, 0.3) is 0 Å². The second-order valence-corrected chi connectivity index (χ2v) is 7.99. The van der Waals surface area contributed by atoms with Crippen molar-refractivity contribution >= 4 is 22.5 Å². The molecule has 0 radical (unpaired) electrons. The number of anilines is 1. The minimum Gasteiger partial charge on any atom is -0.490 e. The van der Waals surface area contributed by atoms with Gasteiger partial charge < -0.3 is 15.0 Å². The Labute approximate surface area is 158 Å². The first-order valence-electron chi connectivity index (χ1n) is 9.81. The number of carbonyl (C=O) groups excluding carboxylic acids is 1. The summed E-state index contributed by atoms with van der Waals surface area (Å²) in [5, 5.41) is 4.05. The Bertz CT molecular complexity index is 979. The molecule has 0 bridgehead atoms. The van der Waals surface area contributed by atoms with Crippen LogP contribution in [-0.4, -0.2) is 17.0 Å². The standard InChI is InChI=1S/C23H24N2O2/c1-14-2-4-15(5-3-14)17-10-19(11-17)27-18-8-9-21-20(12-18)22(13-24-21)25-23(26)16-6-7-16/h2-5,8-9,12-13,16-17,19,24H,6-7,10-11H2,1H3,(H,25,26)/t17-,19-. The maximum atomic E-state index is 12.1. The van der Waals surface area contributed by atoms with Gasteiger partial charge in [-0.2, -0.15) is 0 Å². The Balaban J connectivity index is 1.25. The number of fused-ring (bicyclic) bond motifs is 1. The third-order valence-corrected chi connectivity index (χ3v) is 5.81. The number of hydrogen-bond donors (Lipinski definition) is 2. The molecule has 3 aromatic rings. The van der Waals surface area contributed by atoms with E-state index in [1.54, 1.807) is 0 Å². The monoisotopic (exact) mass is 360 g/mol. The molecule has 4 heteroatoms. The molecule has 2 aromatic carbocycles. The predicted octanol–water partition coefficient (Wildman–Crippen LogP) is 5.15. The van der Waals surface area contributed by atoms with Crippen LogP contribution >= 0.6 is 0 Å². The minimum atomic E-state index is 0.127. The normalized spacial score (nSPS) is 21.7. The van der Waals surface area contributed by atoms with Crippen LogP contribution in [0.5, 0.6) is 5.75 Å². The second kappa shape index (κ2) is 6.45. The summed E-state index contributed by atoms with van der Waals surface area (Å²) in [5.74, 6) is 1.79. The fourth-order valence-electron chi connectivity index (χ4n) is 3.82. The number of H-pyrrole nitrogens is 1. The highest BCUT2D eigenvalue weighted by molar-refractivity contribution is 6.03. The van der Waals surface area contributed by atoms with Crippen molar-refractivity contribution in [2.45, 2.75) is 44.6 Å². The van der Waals surface area contributed by atoms with Gasteiger partial charge in [0.2, 0.25) is 5.91 Å². The number of rotatable bonds is 5. The molecule has 4 nitrogen and oxygen atoms in total. The van der Waals surface area contributed by atoms with E-state index in [1.807, 2.05) is 24.4 Å². The van der Waals surface area contributed by atoms with Gasteiger partial charge in [0, 0.05) is 23.0 Å². The molecule has 2 aliphatic carbocycles. The summed E-state index contributed by atoms with van der Waals surface area (Å²) in [6, 6.07) is 14.9. The maximum Gasteiger partial charge on any atom is 0.227 e. The van der Waals surface area contributed by atoms with Crippen molar-refractivity contribution in [2.24, 2.45) is 5.92 Å². The van der Waals surface area contributed by atoms with Crippen molar-refractivity contribution in [3.8, 4) is 5.75 Å². The lowest BCUT2D eigenvalue weighted by atomic mass is 9.77. The number of hydrogen-bond acceptors (Lipinski definition) is 2. The third kappa shape index (κ3) is 3.32. The van der Waals surface area contributed by atoms with Crippen LogP contribution < -0.4 is 10.1 Å². The largest absolute Gasteiger partial charge is 0.490 e. The van der Waals surface area contributed by atoms with E-state index in [0.29, 0.717) is 5.92 Å². The predicted molar refractivity (Wildman–Crippen MR) is 107 cm³/mol. The molecule has 2 N–H and O–H groups in total. The minimum absolute atomic E-state index is 0.127. The molecule has 0 spiro atoms. The van der Waals surface area contributed by atoms with Crippen LogP contribution in [0.4, 0.5) is 5.69 Å². The quantitative estimate of drug-likeness (QED) is 0.661. The Kier molecular flexibility index (Phi) is 3.92. The smallest absolute Gasteiger partial charge is 0.227 e. The lowest BCUT2D eigenvalue weighted by Gasteiger charge is -2.35. The summed E-state index contributed by atoms with van der Waals surface area (Å²) in [5.41, 5.74) is 4.57. The van der Waals surface area contributed by atoms with Gasteiger partial charge in [0.15, 0.2) is 0 Å². The summed E-state index contributed by atoms with van der Waals surface area (Å²) in [6.07, 6.45) is 6.25. The van der Waals surface area contributed by atoms with Gasteiger partial charge in [-0.1, -0.05) is 29.8 Å². The molecule has 0 saturated heterocycles. The summed E-state index contributed by atoms with van der Waals surface area (Å²) in [6.45, 7) is 2.12. The zero-order valence-electron chi connectivity index (χ0n) is 15.5. The molecule has 2 aliphatic rings. The molecule has 5 rings (SSSR count). The van der Waals surface area contributed by atoms with Gasteiger partial charge in [-0.15, -0.1) is 0 Å². The first-order chi connectivity index (χ1) is 13.2. The Morgan fingerprint density at radius 1 is 1.11 bits per heavy atom. The van der Waals surface area contributed by atoms with E-state index in [1.165, 1.54) is 11.1 Å². The molecule has 27 heavy (non-hydrogen) atoms. The number of ether oxygens (including phenoxy) is 1. The van der Waals surface area contributed by atoms with E-state index in [4.69, 9.17) is 4.74 Å². The van der Waals surface area contributed by atoms with Crippen LogP contribution in [0.2, 0.25) is 0 Å². The topological polar surface area (TPSA) is 54.1 Å². The number of aromatic amines is 1. The van der Waals surface area contributed by atoms with Crippen LogP contribution in [0.1, 0.15) is 42.7 Å². The van der Waals surface area contributed by atoms with Crippen molar-refractivity contribution in [3.05, 3.63) is 59.8 Å². The number of aromatic nitrogens is 1. The fourth-order valence-corrected chi connectivity index (χ4v) is 3.82. The Morgan fingerprint density at radius 3 is 2.63 bits per heavy atom. The molecule has 138 valence electrons. The SMILES string of the molecule is Cc1ccc([C@H]2C[C@H](Oc3ccc4[nH]cc(NC(=O)C5CC5)c4c3)C2)cc1. The van der Waals surface area contributed by atoms with E-state index in [-0.39, 0.29) is 17.9 Å². The first-order valence-corrected chi connectivity index (χ1v) is 9.81. The molecule has 0 atom stereocenters. The van der Waals surface area contributed by atoms with E-state index >= 15 is 0 Å². The lowest BCUT2D eigenvalue weighted by molar-refractivity contribution is -0.117. The number of aryl methyl sites for hydroxylation is 1. The van der Waals surface area contributed by atoms with E-state index in [0.717, 1.165) is 48.0 Å². The third-order valence-electron chi connectivity index (χ3n) is 5.81. The van der Waals surface area contributed by atoms with Crippen LogP contribution in [0.15, 0.2) is 48.7 Å². The molecule has 2 fully saturated rings. The van der Waals surface area contributed by atoms with Crippen LogP contribution in [0, 0.1) is 12.8 Å². The Hall–Kier alpha value is -2.75. The van der Waals surface area contributed by atoms with Crippen molar-refractivity contribution in [1.29, 1.82) is 0 Å². The van der Waals surface area contributed by atoms with Gasteiger partial charge in [0.05, 0.1) is 11.8 Å². The molecule has 0 aliphatic heterocycles. The van der Waals surface area contributed by atoms with Crippen LogP contribution in [0.3, 0.4) is 0 Å². The molecule has 2 saturated carbocycles. The van der Waals surface area contributed by atoms with Gasteiger partial charge in [-0.3, -0.25) is 4.79 Å². The fraction of sp³-hybridized carbons (Fsp3) is 0.348. The molecular formula is C23H24N2O2. The lowest BCUT2D eigenvalue weighted by Crippen LogP contribution is -2.32. The van der Waals surface area contributed by atoms with Crippen molar-refractivity contribution in [1.82, 2.24) is 4.98 Å². The van der Waals surface area contributed by atoms with Gasteiger partial charge >= 0.3 is 0 Å². The van der Waals surface area contributed by atoms with Crippen LogP contribution in [-0.2, 0) is 4.79 Å². The molecule has 0 unspecified atom stereocenters. The van der Waals surface area contributed by atoms with E-state index in [9.17, 15) is 4.79 Å². The number of nitrogens with one attached hydrogen (secondary N) is 2. The van der Waals surface area contributed by atoms with Crippen molar-refractivity contribution in [3.63, 3.8) is 0 Å². The molecule has 1 aromatic heterocycles. The zero-order valence-corrected chi connectivity index (χ0v) is 15.5. The van der Waals surface area contributed by atoms with Gasteiger partial charge in [0.1, 0.15) is 5.75 Å². The van der Waals surface area contributed by atoms with Crippen molar-refractivity contribution in [2.75, 3.05) is 5.32 Å². The van der Waals surface area contributed by atoms with Gasteiger partial charge in [-0.25, -0.2) is 0 Å². The number of amides is 1. The van der Waals surface area contributed by atoms with Crippen LogP contribution in [0.25, 0.3) is 10.9 Å². The molecule has 1 heterocycles. The summed E-state index contributed by atoms with van der Waals surface area (Å²) >= 11 is 0. The average Bonchev–Trinajstić information content (AvgIpc) is 3.42. The number of benzene rings is 2. The van der Waals surface area contributed by atoms with Gasteiger partial charge in [-0.05, 0) is 62.3 Å². The maximum absolute atomic E-state index is 12.1. The highest BCUT2D eigenvalue weighted by Crippen LogP contribution is 2.40. The Morgan fingerprint density at radius 2 is 1.89 bits per heavy atom. The number of carbonyl (C=O) groups is 1. The van der Waals surface area contributed by atoms with Crippen molar-refractivity contribution < 1.29 is 9.53 Å². The molecular weight excluding hydrogens is 336 g/mol. The summed E-state index contributed by atoms with van der Waals surface area (Å²) < 4.78 is 6.20. The summed E-state index contributed by atoms with van der Waals surface area (Å²) in [7, 11) is 0. The first kappa shape index (κ1) is 16.4. The zero-order chi connectivity index (χ0) is 18.4. The van der Waals surface area contributed by atoms with E-state index < -0.39 is 0 Å². The summed E-state index contributed by atoms with van der Waals surface area (Å²) in [4.78, 5) is 15.3. The highest BCUT2D eigenvalue weighted by atomic mass is 16.5.